The normalized spacial score (nSPS) is 25.4. The summed E-state index contributed by atoms with van der Waals surface area (Å²) >= 11 is 0. The van der Waals surface area contributed by atoms with E-state index >= 15 is 0 Å². The van der Waals surface area contributed by atoms with E-state index in [9.17, 15) is 9.59 Å². The Morgan fingerprint density at radius 2 is 1.74 bits per heavy atom. The van der Waals surface area contributed by atoms with Crippen LogP contribution in [0.5, 0.6) is 0 Å². The molecule has 0 aromatic heterocycles. The highest BCUT2D eigenvalue weighted by Crippen LogP contribution is 2.21. The fraction of sp³-hybridized carbons (Fsp3) is 0.867. The molecule has 110 valence electrons. The zero-order chi connectivity index (χ0) is 14.4. The van der Waals surface area contributed by atoms with Crippen molar-refractivity contribution >= 4 is 11.8 Å². The summed E-state index contributed by atoms with van der Waals surface area (Å²) in [5.74, 6) is 0.142. The Kier molecular flexibility index (Phi) is 6.32. The number of amides is 2. The summed E-state index contributed by atoms with van der Waals surface area (Å²) in [4.78, 5) is 26.7. The Morgan fingerprint density at radius 3 is 2.26 bits per heavy atom. The van der Waals surface area contributed by atoms with Crippen LogP contribution in [0.15, 0.2) is 0 Å². The molecule has 3 atom stereocenters. The first kappa shape index (κ1) is 16.0. The predicted molar refractivity (Wildman–Crippen MR) is 76.8 cm³/mol. The quantitative estimate of drug-likeness (QED) is 0.771. The number of hydrogen-bond donors (Lipinski definition) is 1. The van der Waals surface area contributed by atoms with Crippen molar-refractivity contribution in [2.24, 2.45) is 0 Å². The molecule has 19 heavy (non-hydrogen) atoms. The van der Waals surface area contributed by atoms with E-state index in [1.807, 2.05) is 11.8 Å². The standard InChI is InChI=1S/C15H28N2O2/c1-5-8-11(4)17-13(10-7-3)14(18)16-12(9-6-2)15(17)19/h11-13H,5-10H2,1-4H3,(H,16,18). The van der Waals surface area contributed by atoms with Gasteiger partial charge in [0.15, 0.2) is 0 Å². The first-order valence-electron chi connectivity index (χ1n) is 7.69. The van der Waals surface area contributed by atoms with Crippen LogP contribution in [0.3, 0.4) is 0 Å². The molecule has 1 rings (SSSR count). The number of nitrogens with zero attached hydrogens (tertiary/aromatic N) is 1. The van der Waals surface area contributed by atoms with E-state index in [0.717, 1.165) is 38.5 Å². The molecule has 0 bridgehead atoms. The largest absolute Gasteiger partial charge is 0.343 e. The Hall–Kier alpha value is -1.06. The average Bonchev–Trinajstić information content (AvgIpc) is 2.36. The minimum Gasteiger partial charge on any atom is -0.343 e. The van der Waals surface area contributed by atoms with Crippen molar-refractivity contribution in [2.75, 3.05) is 0 Å². The fourth-order valence-electron chi connectivity index (χ4n) is 2.90. The molecule has 1 N–H and O–H groups in total. The summed E-state index contributed by atoms with van der Waals surface area (Å²) in [6, 6.07) is -0.434. The maximum atomic E-state index is 12.6. The summed E-state index contributed by atoms with van der Waals surface area (Å²) in [6.07, 6.45) is 5.30. The number of carbonyl (C=O) groups is 2. The summed E-state index contributed by atoms with van der Waals surface area (Å²) in [7, 11) is 0. The molecule has 2 amide bonds. The van der Waals surface area contributed by atoms with Crippen LogP contribution < -0.4 is 5.32 Å². The van der Waals surface area contributed by atoms with Gasteiger partial charge in [-0.05, 0) is 26.2 Å². The lowest BCUT2D eigenvalue weighted by Crippen LogP contribution is -2.65. The van der Waals surface area contributed by atoms with Crippen molar-refractivity contribution in [3.63, 3.8) is 0 Å². The monoisotopic (exact) mass is 268 g/mol. The minimum absolute atomic E-state index is 0.0304. The lowest BCUT2D eigenvalue weighted by atomic mass is 9.97. The summed E-state index contributed by atoms with van der Waals surface area (Å²) in [5.41, 5.74) is 0. The molecule has 1 aliphatic heterocycles. The average molecular weight is 268 g/mol. The van der Waals surface area contributed by atoms with Crippen LogP contribution in [-0.4, -0.2) is 34.8 Å². The van der Waals surface area contributed by atoms with Gasteiger partial charge in [0.25, 0.3) is 0 Å². The van der Waals surface area contributed by atoms with Crippen molar-refractivity contribution in [1.82, 2.24) is 10.2 Å². The number of rotatable bonds is 7. The second kappa shape index (κ2) is 7.51. The number of carbonyl (C=O) groups excluding carboxylic acids is 2. The number of hydrogen-bond acceptors (Lipinski definition) is 2. The maximum absolute atomic E-state index is 12.6. The molecule has 0 aliphatic carbocycles. The smallest absolute Gasteiger partial charge is 0.246 e. The van der Waals surface area contributed by atoms with Crippen LogP contribution >= 0.6 is 0 Å². The van der Waals surface area contributed by atoms with Gasteiger partial charge in [0.2, 0.25) is 11.8 Å². The van der Waals surface area contributed by atoms with Crippen LogP contribution in [0, 0.1) is 0 Å². The van der Waals surface area contributed by atoms with E-state index in [2.05, 4.69) is 26.1 Å². The molecule has 0 aromatic carbocycles. The van der Waals surface area contributed by atoms with Gasteiger partial charge in [-0.1, -0.05) is 40.0 Å². The molecule has 0 saturated carbocycles. The lowest BCUT2D eigenvalue weighted by molar-refractivity contribution is -0.152. The summed E-state index contributed by atoms with van der Waals surface area (Å²) in [6.45, 7) is 8.27. The second-order valence-corrected chi connectivity index (χ2v) is 5.54. The Bertz CT molecular complexity index is 317. The zero-order valence-corrected chi connectivity index (χ0v) is 12.7. The Balaban J connectivity index is 2.92. The van der Waals surface area contributed by atoms with Gasteiger partial charge in [-0.15, -0.1) is 0 Å². The van der Waals surface area contributed by atoms with E-state index < -0.39 is 0 Å². The van der Waals surface area contributed by atoms with Gasteiger partial charge in [0.05, 0.1) is 0 Å². The van der Waals surface area contributed by atoms with Gasteiger partial charge in [-0.25, -0.2) is 0 Å². The fourth-order valence-corrected chi connectivity index (χ4v) is 2.90. The highest BCUT2D eigenvalue weighted by Gasteiger charge is 2.41. The maximum Gasteiger partial charge on any atom is 0.246 e. The van der Waals surface area contributed by atoms with Crippen LogP contribution in [-0.2, 0) is 9.59 Å². The molecule has 0 aromatic rings. The molecule has 4 heteroatoms. The molecule has 1 heterocycles. The van der Waals surface area contributed by atoms with Crippen molar-refractivity contribution in [3.05, 3.63) is 0 Å². The van der Waals surface area contributed by atoms with Crippen molar-refractivity contribution in [1.29, 1.82) is 0 Å². The zero-order valence-electron chi connectivity index (χ0n) is 12.7. The molecule has 1 fully saturated rings. The first-order chi connectivity index (χ1) is 9.06. The van der Waals surface area contributed by atoms with E-state index in [0.29, 0.717) is 0 Å². The third-order valence-corrected chi connectivity index (χ3v) is 3.83. The van der Waals surface area contributed by atoms with Gasteiger partial charge in [-0.2, -0.15) is 0 Å². The van der Waals surface area contributed by atoms with E-state index in [4.69, 9.17) is 0 Å². The summed E-state index contributed by atoms with van der Waals surface area (Å²) in [5, 5.41) is 2.90. The molecular formula is C15H28N2O2. The van der Waals surface area contributed by atoms with E-state index in [1.54, 1.807) is 0 Å². The molecule has 4 nitrogen and oxygen atoms in total. The van der Waals surface area contributed by atoms with Gasteiger partial charge in [0, 0.05) is 6.04 Å². The molecule has 3 unspecified atom stereocenters. The SMILES string of the molecule is CCCC1NC(=O)C(CCC)N(C(C)CCC)C1=O. The van der Waals surface area contributed by atoms with Crippen LogP contribution in [0.1, 0.15) is 66.2 Å². The van der Waals surface area contributed by atoms with Crippen LogP contribution in [0.25, 0.3) is 0 Å². The van der Waals surface area contributed by atoms with Crippen molar-refractivity contribution < 1.29 is 9.59 Å². The Morgan fingerprint density at radius 1 is 1.11 bits per heavy atom. The highest BCUT2D eigenvalue weighted by atomic mass is 16.2. The van der Waals surface area contributed by atoms with E-state index in [1.165, 1.54) is 0 Å². The number of nitrogens with one attached hydrogen (secondary N) is 1. The molecular weight excluding hydrogens is 240 g/mol. The van der Waals surface area contributed by atoms with Crippen LogP contribution in [0.4, 0.5) is 0 Å². The predicted octanol–water partition coefficient (Wildman–Crippen LogP) is 2.47. The highest BCUT2D eigenvalue weighted by molar-refractivity contribution is 5.97. The molecule has 0 radical (unpaired) electrons. The van der Waals surface area contributed by atoms with Crippen molar-refractivity contribution in [3.8, 4) is 0 Å². The van der Waals surface area contributed by atoms with E-state index in [-0.39, 0.29) is 29.9 Å². The topological polar surface area (TPSA) is 49.4 Å². The number of piperazine rings is 1. The van der Waals surface area contributed by atoms with Crippen molar-refractivity contribution in [2.45, 2.75) is 84.3 Å². The summed E-state index contributed by atoms with van der Waals surface area (Å²) < 4.78 is 0. The third-order valence-electron chi connectivity index (χ3n) is 3.83. The van der Waals surface area contributed by atoms with Crippen LogP contribution in [0.2, 0.25) is 0 Å². The Labute approximate surface area is 116 Å². The second-order valence-electron chi connectivity index (χ2n) is 5.54. The molecule has 1 saturated heterocycles. The lowest BCUT2D eigenvalue weighted by Gasteiger charge is -2.42. The van der Waals surface area contributed by atoms with Gasteiger partial charge in [0.1, 0.15) is 12.1 Å². The minimum atomic E-state index is -0.315. The molecule has 0 spiro atoms. The van der Waals surface area contributed by atoms with Gasteiger partial charge in [-0.3, -0.25) is 9.59 Å². The molecule has 1 aliphatic rings. The third kappa shape index (κ3) is 3.71. The van der Waals surface area contributed by atoms with Gasteiger partial charge < -0.3 is 10.2 Å². The van der Waals surface area contributed by atoms with Gasteiger partial charge >= 0.3 is 0 Å². The first-order valence-corrected chi connectivity index (χ1v) is 7.69.